The van der Waals surface area contributed by atoms with Crippen LogP contribution < -0.4 is 4.74 Å². The second-order valence-electron chi connectivity index (χ2n) is 7.43. The molecule has 0 aliphatic heterocycles. The van der Waals surface area contributed by atoms with Crippen LogP contribution in [-0.4, -0.2) is 30.6 Å². The lowest BCUT2D eigenvalue weighted by Gasteiger charge is -2.07. The van der Waals surface area contributed by atoms with Crippen molar-refractivity contribution in [1.29, 1.82) is 0 Å². The molecule has 0 aliphatic rings. The Kier molecular flexibility index (Phi) is 6.17. The Morgan fingerprint density at radius 1 is 1.09 bits per heavy atom. The fourth-order valence-electron chi connectivity index (χ4n) is 3.55. The average Bonchev–Trinajstić information content (AvgIpc) is 3.43. The topological polar surface area (TPSA) is 85.6 Å². The molecule has 0 bridgehead atoms. The molecule has 11 heteroatoms. The van der Waals surface area contributed by atoms with Gasteiger partial charge in [-0.15, -0.1) is 11.3 Å². The Morgan fingerprint density at radius 3 is 2.41 bits per heavy atom. The number of fused-ring (bicyclic) bond motifs is 1. The molecule has 0 amide bonds. The Hall–Kier alpha value is -3.31. The number of hydrogen-bond acceptors (Lipinski definition) is 5. The SMILES string of the molecule is COc1ccc2c(c1)c(CCC(=O)O)cn2S(=O)(=O)c1ccc(-c2ccc(C(F)(F)F)cc2)s1. The average molecular weight is 510 g/mol. The maximum absolute atomic E-state index is 13.5. The molecule has 1 N–H and O–H groups in total. The maximum Gasteiger partial charge on any atom is 0.416 e. The zero-order chi connectivity index (χ0) is 24.7. The van der Waals surface area contributed by atoms with E-state index in [-0.39, 0.29) is 17.1 Å². The van der Waals surface area contributed by atoms with Gasteiger partial charge >= 0.3 is 12.1 Å². The molecule has 4 rings (SSSR count). The summed E-state index contributed by atoms with van der Waals surface area (Å²) in [6, 6.07) is 12.3. The first-order chi connectivity index (χ1) is 16.0. The van der Waals surface area contributed by atoms with Crippen molar-refractivity contribution < 1.29 is 36.2 Å². The lowest BCUT2D eigenvalue weighted by Crippen LogP contribution is -2.10. The van der Waals surface area contributed by atoms with E-state index < -0.39 is 27.7 Å². The van der Waals surface area contributed by atoms with E-state index in [9.17, 15) is 26.4 Å². The molecular formula is C23H18F3NO5S2. The van der Waals surface area contributed by atoms with Gasteiger partial charge in [-0.2, -0.15) is 21.6 Å². The van der Waals surface area contributed by atoms with Gasteiger partial charge in [0, 0.05) is 22.9 Å². The Bertz CT molecular complexity index is 1470. The molecule has 0 radical (unpaired) electrons. The highest BCUT2D eigenvalue weighted by molar-refractivity contribution is 7.92. The number of rotatable bonds is 7. The van der Waals surface area contributed by atoms with E-state index in [1.807, 2.05) is 0 Å². The van der Waals surface area contributed by atoms with Crippen LogP contribution in [0.1, 0.15) is 17.5 Å². The number of aliphatic carboxylic acids is 1. The third-order valence-electron chi connectivity index (χ3n) is 5.26. The van der Waals surface area contributed by atoms with E-state index >= 15 is 0 Å². The molecule has 0 spiro atoms. The van der Waals surface area contributed by atoms with Crippen LogP contribution in [-0.2, 0) is 27.4 Å². The number of halogens is 3. The van der Waals surface area contributed by atoms with E-state index in [2.05, 4.69) is 0 Å². The predicted molar refractivity (Wildman–Crippen MR) is 122 cm³/mol. The van der Waals surface area contributed by atoms with Crippen LogP contribution in [0.25, 0.3) is 21.3 Å². The van der Waals surface area contributed by atoms with Gasteiger partial charge in [-0.05, 0) is 60.0 Å². The van der Waals surface area contributed by atoms with Crippen molar-refractivity contribution in [2.75, 3.05) is 7.11 Å². The minimum absolute atomic E-state index is 0.0000921. The summed E-state index contributed by atoms with van der Waals surface area (Å²) in [7, 11) is -2.58. The van der Waals surface area contributed by atoms with Gasteiger partial charge in [0.1, 0.15) is 9.96 Å². The van der Waals surface area contributed by atoms with Gasteiger partial charge in [-0.3, -0.25) is 4.79 Å². The summed E-state index contributed by atoms with van der Waals surface area (Å²) in [5.41, 5.74) is 0.581. The highest BCUT2D eigenvalue weighted by Crippen LogP contribution is 2.36. The molecule has 0 fully saturated rings. The number of aromatic nitrogens is 1. The van der Waals surface area contributed by atoms with Crippen molar-refractivity contribution in [3.8, 4) is 16.2 Å². The molecule has 4 aromatic rings. The Labute approximate surface area is 196 Å². The van der Waals surface area contributed by atoms with Crippen molar-refractivity contribution >= 4 is 38.2 Å². The Balaban J connectivity index is 1.74. The molecule has 2 heterocycles. The lowest BCUT2D eigenvalue weighted by atomic mass is 10.1. The monoisotopic (exact) mass is 509 g/mol. The summed E-state index contributed by atoms with van der Waals surface area (Å²) < 4.78 is 71.7. The molecule has 0 saturated heterocycles. The fraction of sp³-hybridized carbons (Fsp3) is 0.174. The molecule has 34 heavy (non-hydrogen) atoms. The second kappa shape index (κ2) is 8.80. The van der Waals surface area contributed by atoms with Gasteiger partial charge < -0.3 is 9.84 Å². The van der Waals surface area contributed by atoms with Crippen LogP contribution in [0.5, 0.6) is 5.75 Å². The summed E-state index contributed by atoms with van der Waals surface area (Å²) in [6.07, 6.45) is -3.10. The zero-order valence-corrected chi connectivity index (χ0v) is 19.3. The number of carboxylic acids is 1. The van der Waals surface area contributed by atoms with Crippen LogP contribution in [0.4, 0.5) is 13.2 Å². The number of alkyl halides is 3. The number of thiophene rings is 1. The minimum Gasteiger partial charge on any atom is -0.497 e. The number of hydrogen-bond donors (Lipinski definition) is 1. The first kappa shape index (κ1) is 23.8. The summed E-state index contributed by atoms with van der Waals surface area (Å²) in [5.74, 6) is -0.508. The summed E-state index contributed by atoms with van der Waals surface area (Å²) in [6.45, 7) is 0. The molecule has 0 unspecified atom stereocenters. The number of ether oxygens (including phenoxy) is 1. The second-order valence-corrected chi connectivity index (χ2v) is 10.6. The number of nitrogens with zero attached hydrogens (tertiary/aromatic N) is 1. The summed E-state index contributed by atoms with van der Waals surface area (Å²) in [4.78, 5) is 11.6. The van der Waals surface area contributed by atoms with Crippen molar-refractivity contribution in [3.63, 3.8) is 0 Å². The van der Waals surface area contributed by atoms with Crippen molar-refractivity contribution in [3.05, 3.63) is 71.9 Å². The summed E-state index contributed by atoms with van der Waals surface area (Å²) in [5, 5.41) is 9.61. The number of benzene rings is 2. The van der Waals surface area contributed by atoms with Gasteiger partial charge in [-0.25, -0.2) is 3.97 Å². The molecular weight excluding hydrogens is 491 g/mol. The van der Waals surface area contributed by atoms with Crippen LogP contribution >= 0.6 is 11.3 Å². The van der Waals surface area contributed by atoms with Gasteiger partial charge in [0.05, 0.1) is 18.2 Å². The zero-order valence-electron chi connectivity index (χ0n) is 17.7. The molecule has 178 valence electrons. The normalized spacial score (nSPS) is 12.2. The molecule has 2 aromatic carbocycles. The van der Waals surface area contributed by atoms with E-state index in [1.54, 1.807) is 24.3 Å². The number of carboxylic acid groups (broad SMARTS) is 1. The number of carbonyl (C=O) groups is 1. The highest BCUT2D eigenvalue weighted by atomic mass is 32.2. The highest BCUT2D eigenvalue weighted by Gasteiger charge is 2.30. The third kappa shape index (κ3) is 4.53. The smallest absolute Gasteiger partial charge is 0.416 e. The van der Waals surface area contributed by atoms with Crippen molar-refractivity contribution in [2.24, 2.45) is 0 Å². The number of aryl methyl sites for hydroxylation is 1. The molecule has 0 saturated carbocycles. The first-order valence-electron chi connectivity index (χ1n) is 9.93. The van der Waals surface area contributed by atoms with Gasteiger partial charge in [-0.1, -0.05) is 12.1 Å². The maximum atomic E-state index is 13.5. The summed E-state index contributed by atoms with van der Waals surface area (Å²) >= 11 is 0.936. The fourth-order valence-corrected chi connectivity index (χ4v) is 6.34. The van der Waals surface area contributed by atoms with E-state index in [0.717, 1.165) is 27.4 Å². The standard InChI is InChI=1S/C23H18F3NO5S2/c1-32-17-7-8-19-18(12-17)15(4-10-21(28)29)13-27(19)34(30,31)22-11-9-20(33-22)14-2-5-16(6-3-14)23(24,25)26/h2-3,5-9,11-13H,4,10H2,1H3,(H,28,29). The lowest BCUT2D eigenvalue weighted by molar-refractivity contribution is -0.138. The quantitative estimate of drug-likeness (QED) is 0.348. The molecule has 2 aromatic heterocycles. The molecule has 0 aliphatic carbocycles. The van der Waals surface area contributed by atoms with Crippen LogP contribution in [0.3, 0.4) is 0 Å². The third-order valence-corrected chi connectivity index (χ3v) is 8.54. The van der Waals surface area contributed by atoms with Crippen LogP contribution in [0.2, 0.25) is 0 Å². The predicted octanol–water partition coefficient (Wildman–Crippen LogP) is 5.65. The van der Waals surface area contributed by atoms with Crippen molar-refractivity contribution in [2.45, 2.75) is 23.2 Å². The largest absolute Gasteiger partial charge is 0.497 e. The van der Waals surface area contributed by atoms with Gasteiger partial charge in [0.15, 0.2) is 0 Å². The Morgan fingerprint density at radius 2 is 1.79 bits per heavy atom. The number of methoxy groups -OCH3 is 1. The van der Waals surface area contributed by atoms with Crippen molar-refractivity contribution in [1.82, 2.24) is 3.97 Å². The van der Waals surface area contributed by atoms with Gasteiger partial charge in [0.2, 0.25) is 0 Å². The van der Waals surface area contributed by atoms with E-state index in [4.69, 9.17) is 9.84 Å². The van der Waals surface area contributed by atoms with Crippen LogP contribution in [0, 0.1) is 0 Å². The van der Waals surface area contributed by atoms with E-state index in [1.165, 1.54) is 31.5 Å². The molecule has 0 atom stereocenters. The van der Waals surface area contributed by atoms with E-state index in [0.29, 0.717) is 32.7 Å². The minimum atomic E-state index is -4.46. The van der Waals surface area contributed by atoms with Gasteiger partial charge in [0.25, 0.3) is 10.0 Å². The van der Waals surface area contributed by atoms with Crippen LogP contribution in [0.15, 0.2) is 65.0 Å². The first-order valence-corrected chi connectivity index (χ1v) is 12.2. The molecule has 6 nitrogen and oxygen atoms in total.